The van der Waals surface area contributed by atoms with E-state index in [9.17, 15) is 29.5 Å². The van der Waals surface area contributed by atoms with Crippen molar-refractivity contribution >= 4 is 33.0 Å². The van der Waals surface area contributed by atoms with Gasteiger partial charge in [-0.1, -0.05) is 55.3 Å². The number of hydrogen-bond acceptors (Lipinski definition) is 12. The molecule has 4 aromatic rings. The molecule has 3 N–H and O–H groups in total. The summed E-state index contributed by atoms with van der Waals surface area (Å²) in [6.45, 7) is 7.20. The first kappa shape index (κ1) is 50.9. The van der Waals surface area contributed by atoms with Crippen molar-refractivity contribution in [2.24, 2.45) is 22.9 Å². The van der Waals surface area contributed by atoms with Crippen LogP contribution in [0.3, 0.4) is 0 Å². The van der Waals surface area contributed by atoms with Gasteiger partial charge in [0.1, 0.15) is 30.5 Å². The predicted octanol–water partition coefficient (Wildman–Crippen LogP) is 9.21. The number of carbonyl (C=O) groups excluding carboxylic acids is 1. The summed E-state index contributed by atoms with van der Waals surface area (Å²) in [5.74, 6) is -2.86. The number of allylic oxidation sites excluding steroid dienone is 1. The van der Waals surface area contributed by atoms with Gasteiger partial charge in [0.15, 0.2) is 0 Å². The van der Waals surface area contributed by atoms with Crippen molar-refractivity contribution in [3.05, 3.63) is 148 Å². The molecule has 2 aliphatic carbocycles. The average molecular weight is 969 g/mol. The second-order valence-electron chi connectivity index (χ2n) is 17.7. The van der Waals surface area contributed by atoms with Crippen molar-refractivity contribution in [2.75, 3.05) is 31.7 Å². The number of nitrogens with zero attached hydrogens (tertiary/aromatic N) is 3. The summed E-state index contributed by atoms with van der Waals surface area (Å²) >= 11 is 0. The number of aliphatic hydroxyl groups is 2. The molecule has 69 heavy (non-hydrogen) atoms. The molecule has 0 bridgehead atoms. The van der Waals surface area contributed by atoms with Crippen LogP contribution >= 0.6 is 0 Å². The fraction of sp³-hybridized carbons (Fsp3) is 0.423. The summed E-state index contributed by atoms with van der Waals surface area (Å²) in [7, 11) is -4.36. The van der Waals surface area contributed by atoms with Gasteiger partial charge in [0.05, 0.1) is 34.1 Å². The minimum Gasteiger partial charge on any atom is -0.489 e. The number of aliphatic hydroxyl groups excluding tert-OH is 2. The molecular weight excluding hydrogens is 908 g/mol. The number of rotatable bonds is 24. The molecule has 1 fully saturated rings. The smallest absolute Gasteiger partial charge is 0.269 e. The normalized spacial score (nSPS) is 22.2. The highest BCUT2D eigenvalue weighted by Gasteiger charge is 2.66. The third kappa shape index (κ3) is 11.4. The van der Waals surface area contributed by atoms with Gasteiger partial charge < -0.3 is 34.6 Å². The Labute approximate surface area is 402 Å². The number of unbranched alkanes of at least 4 members (excludes halogenated alkanes) is 2. The summed E-state index contributed by atoms with van der Waals surface area (Å²) in [6.07, 6.45) is 8.05. The quantitative estimate of drug-likeness (QED) is 0.0262. The SMILES string of the molecule is C=CCOC12Oc3ccc(OCc4ccccc4F)cc3C3C(CCCCO)C(CCCCO)C=C(C(=NOCc4ccc([N+](=O)[O-])cc4)CC1N(CCC)S(=O)(=O)c1ccc(NC(C)=O)cc1)C32. The molecule has 1 amide bonds. The van der Waals surface area contributed by atoms with Crippen LogP contribution in [0.4, 0.5) is 15.8 Å². The lowest BCUT2D eigenvalue weighted by Gasteiger charge is -2.59. The van der Waals surface area contributed by atoms with E-state index in [1.165, 1.54) is 53.7 Å². The van der Waals surface area contributed by atoms with Crippen LogP contribution in [0.5, 0.6) is 11.5 Å². The van der Waals surface area contributed by atoms with Crippen molar-refractivity contribution in [1.82, 2.24) is 4.31 Å². The van der Waals surface area contributed by atoms with Crippen molar-refractivity contribution in [2.45, 2.75) is 101 Å². The zero-order valence-electron chi connectivity index (χ0n) is 39.0. The van der Waals surface area contributed by atoms with Gasteiger partial charge in [-0.25, -0.2) is 12.8 Å². The van der Waals surface area contributed by atoms with E-state index in [1.807, 2.05) is 13.0 Å². The molecule has 1 saturated carbocycles. The molecule has 1 aliphatic heterocycles. The molecule has 6 atom stereocenters. The molecule has 6 unspecified atom stereocenters. The molecule has 0 saturated heterocycles. The number of halogens is 1. The summed E-state index contributed by atoms with van der Waals surface area (Å²) in [6, 6.07) is 22.7. The Morgan fingerprint density at radius 1 is 1.01 bits per heavy atom. The standard InChI is InChI=1S/C52H61FN4O11S/c1-4-26-56(69(63,64)42-23-18-39(19-24-42)54-35(3)60)49-32-47(55-67-33-36-16-20-40(21-17-36)57(61)62)44-30-37(12-8-10-27-58)43(14-9-11-28-59)50-45-31-41(65-34-38-13-6-7-15-46(38)53)22-25-48(45)68-52(49,51(44)50)66-29-5-2/h5-7,13,15-25,30-31,37,43,49-51,58-59H,2,4,8-12,14,26-29,32-34H2,1,3H3,(H,54,60). The third-order valence-electron chi connectivity index (χ3n) is 13.1. The van der Waals surface area contributed by atoms with Crippen LogP contribution in [0, 0.1) is 33.7 Å². The zero-order chi connectivity index (χ0) is 49.1. The molecular formula is C52H61FN4O11S. The van der Waals surface area contributed by atoms with Gasteiger partial charge in [-0.15, -0.1) is 6.58 Å². The molecule has 0 radical (unpaired) electrons. The van der Waals surface area contributed by atoms with Crippen LogP contribution in [0.1, 0.15) is 87.8 Å². The Balaban J connectivity index is 1.44. The minimum absolute atomic E-state index is 0.00217. The van der Waals surface area contributed by atoms with E-state index in [1.54, 1.807) is 48.5 Å². The first-order valence-electron chi connectivity index (χ1n) is 23.5. The van der Waals surface area contributed by atoms with Gasteiger partial charge in [0, 0.05) is 68.0 Å². The van der Waals surface area contributed by atoms with Gasteiger partial charge in [-0.2, -0.15) is 4.31 Å². The number of sulfonamides is 1. The van der Waals surface area contributed by atoms with Crippen LogP contribution in [-0.2, 0) is 37.6 Å². The number of benzene rings is 4. The fourth-order valence-corrected chi connectivity index (χ4v) is 11.8. The fourth-order valence-electron chi connectivity index (χ4n) is 10.1. The van der Waals surface area contributed by atoms with E-state index in [0.29, 0.717) is 79.0 Å². The van der Waals surface area contributed by atoms with Gasteiger partial charge >= 0.3 is 0 Å². The van der Waals surface area contributed by atoms with Crippen LogP contribution < -0.4 is 14.8 Å². The summed E-state index contributed by atoms with van der Waals surface area (Å²) in [5, 5.41) is 38.9. The number of nitro groups is 1. The highest BCUT2D eigenvalue weighted by atomic mass is 32.2. The number of hydrogen-bond donors (Lipinski definition) is 3. The van der Waals surface area contributed by atoms with E-state index in [0.717, 1.165) is 11.1 Å². The summed E-state index contributed by atoms with van der Waals surface area (Å²) in [4.78, 5) is 28.9. The van der Waals surface area contributed by atoms with Crippen molar-refractivity contribution in [3.8, 4) is 11.5 Å². The maximum absolute atomic E-state index is 15.3. The van der Waals surface area contributed by atoms with E-state index in [-0.39, 0.29) is 74.3 Å². The number of nitrogens with one attached hydrogen (secondary N) is 1. The Bertz CT molecular complexity index is 2610. The maximum Gasteiger partial charge on any atom is 0.269 e. The molecule has 4 aromatic carbocycles. The largest absolute Gasteiger partial charge is 0.489 e. The van der Waals surface area contributed by atoms with Crippen LogP contribution in [-0.4, -0.2) is 77.7 Å². The monoisotopic (exact) mass is 968 g/mol. The molecule has 368 valence electrons. The van der Waals surface area contributed by atoms with Gasteiger partial charge in [-0.3, -0.25) is 14.9 Å². The lowest BCUT2D eigenvalue weighted by Crippen LogP contribution is -2.70. The lowest BCUT2D eigenvalue weighted by atomic mass is 9.55. The summed E-state index contributed by atoms with van der Waals surface area (Å²) in [5.41, 5.74) is 3.34. The Hall–Kier alpha value is -5.98. The van der Waals surface area contributed by atoms with Gasteiger partial charge in [0.25, 0.3) is 5.69 Å². The topological polar surface area (TPSA) is 199 Å². The van der Waals surface area contributed by atoms with Crippen molar-refractivity contribution in [3.63, 3.8) is 0 Å². The number of non-ortho nitro benzene ring substituents is 1. The number of fused-ring (bicyclic) bond motifs is 2. The number of carbonyl (C=O) groups is 1. The van der Waals surface area contributed by atoms with Crippen LogP contribution in [0.25, 0.3) is 0 Å². The minimum atomic E-state index is -4.36. The third-order valence-corrected chi connectivity index (χ3v) is 15.0. The first-order chi connectivity index (χ1) is 33.3. The zero-order valence-corrected chi connectivity index (χ0v) is 39.8. The highest BCUT2D eigenvalue weighted by molar-refractivity contribution is 7.89. The molecule has 1 heterocycles. The Morgan fingerprint density at radius 3 is 2.41 bits per heavy atom. The Kier molecular flexibility index (Phi) is 17.0. The van der Waals surface area contributed by atoms with Crippen LogP contribution in [0.15, 0.2) is 125 Å². The van der Waals surface area contributed by atoms with E-state index in [4.69, 9.17) is 24.2 Å². The maximum atomic E-state index is 15.3. The highest BCUT2D eigenvalue weighted by Crippen LogP contribution is 2.62. The number of ether oxygens (including phenoxy) is 3. The lowest BCUT2D eigenvalue weighted by molar-refractivity contribution is -0.384. The van der Waals surface area contributed by atoms with Gasteiger partial charge in [-0.05, 0) is 116 Å². The number of oxime groups is 1. The number of amides is 1. The molecule has 0 spiro atoms. The second kappa shape index (κ2) is 23.1. The van der Waals surface area contributed by atoms with Crippen molar-refractivity contribution in [1.29, 1.82) is 0 Å². The summed E-state index contributed by atoms with van der Waals surface area (Å²) < 4.78 is 67.5. The van der Waals surface area contributed by atoms with Crippen LogP contribution in [0.2, 0.25) is 0 Å². The number of nitro benzene ring substituents is 1. The van der Waals surface area contributed by atoms with E-state index < -0.39 is 44.4 Å². The second-order valence-corrected chi connectivity index (χ2v) is 19.6. The number of anilines is 1. The molecule has 7 rings (SSSR count). The predicted molar refractivity (Wildman–Crippen MR) is 259 cm³/mol. The molecule has 15 nitrogen and oxygen atoms in total. The molecule has 3 aliphatic rings. The first-order valence-corrected chi connectivity index (χ1v) is 25.0. The van der Waals surface area contributed by atoms with Crippen molar-refractivity contribution < 1.29 is 51.8 Å². The average Bonchev–Trinajstić information content (AvgIpc) is 3.33. The van der Waals surface area contributed by atoms with E-state index >= 15 is 8.42 Å². The van der Waals surface area contributed by atoms with Gasteiger partial charge in [0.2, 0.25) is 21.7 Å². The molecule has 17 heteroatoms. The Morgan fingerprint density at radius 2 is 1.74 bits per heavy atom. The van der Waals surface area contributed by atoms with E-state index in [2.05, 4.69) is 18.0 Å². The molecule has 0 aromatic heterocycles.